The molecule has 1 aliphatic heterocycles. The van der Waals surface area contributed by atoms with Gasteiger partial charge in [-0.2, -0.15) is 0 Å². The van der Waals surface area contributed by atoms with Crippen LogP contribution in [0.1, 0.15) is 11.1 Å². The van der Waals surface area contributed by atoms with Gasteiger partial charge in [0.05, 0.1) is 19.1 Å². The van der Waals surface area contributed by atoms with Gasteiger partial charge in [-0.3, -0.25) is 0 Å². The van der Waals surface area contributed by atoms with Crippen LogP contribution in [0.5, 0.6) is 11.5 Å². The van der Waals surface area contributed by atoms with Crippen molar-refractivity contribution in [2.45, 2.75) is 18.0 Å². The van der Waals surface area contributed by atoms with Crippen molar-refractivity contribution >= 4 is 11.0 Å². The van der Waals surface area contributed by atoms with Gasteiger partial charge in [0.25, 0.3) is 0 Å². The predicted molar refractivity (Wildman–Crippen MR) is 81.6 cm³/mol. The molecule has 5 heteroatoms. The molecule has 21 heavy (non-hydrogen) atoms. The Bertz CT molecular complexity index is 673. The second kappa shape index (κ2) is 5.87. The van der Waals surface area contributed by atoms with E-state index in [0.717, 1.165) is 16.0 Å². The van der Waals surface area contributed by atoms with Gasteiger partial charge in [-0.1, -0.05) is 30.3 Å². The molecule has 4 nitrogen and oxygen atoms in total. The molecule has 1 atom stereocenters. The Morgan fingerprint density at radius 2 is 1.76 bits per heavy atom. The molecule has 0 spiro atoms. The van der Waals surface area contributed by atoms with Crippen molar-refractivity contribution < 1.29 is 13.7 Å². The SMILES string of the molecule is COc1cc2c(cc1OC)S(=O)N(Cc1ccccc1)C2. The van der Waals surface area contributed by atoms with Crippen molar-refractivity contribution in [1.82, 2.24) is 4.31 Å². The van der Waals surface area contributed by atoms with Crippen LogP contribution in [0, 0.1) is 0 Å². The van der Waals surface area contributed by atoms with Gasteiger partial charge in [0.2, 0.25) is 0 Å². The average molecular weight is 303 g/mol. The zero-order valence-corrected chi connectivity index (χ0v) is 12.9. The van der Waals surface area contributed by atoms with E-state index in [2.05, 4.69) is 0 Å². The zero-order chi connectivity index (χ0) is 14.8. The molecule has 2 aromatic carbocycles. The van der Waals surface area contributed by atoms with Gasteiger partial charge >= 0.3 is 0 Å². The van der Waals surface area contributed by atoms with Gasteiger partial charge < -0.3 is 9.47 Å². The Morgan fingerprint density at radius 3 is 2.43 bits per heavy atom. The van der Waals surface area contributed by atoms with Crippen molar-refractivity contribution in [3.05, 3.63) is 53.6 Å². The van der Waals surface area contributed by atoms with Crippen LogP contribution in [-0.2, 0) is 24.1 Å². The summed E-state index contributed by atoms with van der Waals surface area (Å²) in [6, 6.07) is 13.8. The number of rotatable bonds is 4. The summed E-state index contributed by atoms with van der Waals surface area (Å²) in [6.45, 7) is 1.31. The van der Waals surface area contributed by atoms with Crippen LogP contribution < -0.4 is 9.47 Å². The van der Waals surface area contributed by atoms with Crippen molar-refractivity contribution in [3.63, 3.8) is 0 Å². The molecular formula is C16H17NO3S. The van der Waals surface area contributed by atoms with Crippen LogP contribution in [0.2, 0.25) is 0 Å². The Labute approximate surface area is 126 Å². The van der Waals surface area contributed by atoms with Crippen LogP contribution in [0.25, 0.3) is 0 Å². The van der Waals surface area contributed by atoms with E-state index in [1.54, 1.807) is 14.2 Å². The number of fused-ring (bicyclic) bond motifs is 1. The summed E-state index contributed by atoms with van der Waals surface area (Å²) in [6.07, 6.45) is 0. The summed E-state index contributed by atoms with van der Waals surface area (Å²) in [7, 11) is 2.04. The van der Waals surface area contributed by atoms with E-state index in [9.17, 15) is 4.21 Å². The summed E-state index contributed by atoms with van der Waals surface area (Å²) < 4.78 is 25.1. The highest BCUT2D eigenvalue weighted by molar-refractivity contribution is 7.83. The highest BCUT2D eigenvalue weighted by atomic mass is 32.2. The van der Waals surface area contributed by atoms with Gasteiger partial charge in [0.1, 0.15) is 11.0 Å². The molecule has 110 valence electrons. The van der Waals surface area contributed by atoms with E-state index in [0.29, 0.717) is 24.6 Å². The fourth-order valence-electron chi connectivity index (χ4n) is 2.48. The molecule has 0 radical (unpaired) electrons. The highest BCUT2D eigenvalue weighted by Gasteiger charge is 2.29. The lowest BCUT2D eigenvalue weighted by molar-refractivity contribution is 0.353. The van der Waals surface area contributed by atoms with Crippen molar-refractivity contribution in [2.24, 2.45) is 0 Å². The second-order valence-electron chi connectivity index (χ2n) is 4.85. The minimum atomic E-state index is -1.16. The maximum atomic E-state index is 12.6. The fourth-order valence-corrected chi connectivity index (χ4v) is 3.83. The lowest BCUT2D eigenvalue weighted by Gasteiger charge is -2.13. The van der Waals surface area contributed by atoms with E-state index in [4.69, 9.17) is 9.47 Å². The first-order chi connectivity index (χ1) is 10.2. The number of ether oxygens (including phenoxy) is 2. The number of methoxy groups -OCH3 is 2. The first-order valence-electron chi connectivity index (χ1n) is 6.68. The lowest BCUT2D eigenvalue weighted by Crippen LogP contribution is -2.18. The molecule has 2 aromatic rings. The molecule has 0 amide bonds. The van der Waals surface area contributed by atoms with Crippen molar-refractivity contribution in [3.8, 4) is 11.5 Å². The molecule has 0 aliphatic carbocycles. The molecule has 0 bridgehead atoms. The van der Waals surface area contributed by atoms with Gasteiger partial charge in [-0.05, 0) is 17.2 Å². The molecule has 0 aromatic heterocycles. The summed E-state index contributed by atoms with van der Waals surface area (Å²) >= 11 is 0. The summed E-state index contributed by atoms with van der Waals surface area (Å²) in [5.41, 5.74) is 2.18. The smallest absolute Gasteiger partial charge is 0.161 e. The minimum absolute atomic E-state index is 0.617. The summed E-state index contributed by atoms with van der Waals surface area (Å²) in [5.74, 6) is 1.29. The van der Waals surface area contributed by atoms with E-state index in [1.165, 1.54) is 0 Å². The lowest BCUT2D eigenvalue weighted by atomic mass is 10.2. The quantitative estimate of drug-likeness (QED) is 0.872. The Hall–Kier alpha value is -1.85. The summed E-state index contributed by atoms with van der Waals surface area (Å²) in [4.78, 5) is 0.809. The standard InChI is InChI=1S/C16H17NO3S/c1-19-14-8-13-11-17(10-12-6-4-3-5-7-12)21(18)16(13)9-15(14)20-2/h3-9H,10-11H2,1-2H3. The predicted octanol–water partition coefficient (Wildman–Crippen LogP) is 2.74. The molecule has 0 fully saturated rings. The number of hydrogen-bond donors (Lipinski definition) is 0. The van der Waals surface area contributed by atoms with E-state index in [1.807, 2.05) is 46.8 Å². The first kappa shape index (κ1) is 14.1. The molecule has 0 saturated carbocycles. The van der Waals surface area contributed by atoms with E-state index in [-0.39, 0.29) is 0 Å². The third-order valence-electron chi connectivity index (χ3n) is 3.54. The Morgan fingerprint density at radius 1 is 1.10 bits per heavy atom. The highest BCUT2D eigenvalue weighted by Crippen LogP contribution is 2.37. The third-order valence-corrected chi connectivity index (χ3v) is 5.02. The number of benzene rings is 2. The monoisotopic (exact) mass is 303 g/mol. The Kier molecular flexibility index (Phi) is 3.94. The van der Waals surface area contributed by atoms with Crippen LogP contribution in [0.4, 0.5) is 0 Å². The van der Waals surface area contributed by atoms with Gasteiger partial charge in [0.15, 0.2) is 11.5 Å². The topological polar surface area (TPSA) is 38.8 Å². The maximum Gasteiger partial charge on any atom is 0.161 e. The Balaban J connectivity index is 1.88. The van der Waals surface area contributed by atoms with Crippen molar-refractivity contribution in [1.29, 1.82) is 0 Å². The molecule has 0 N–H and O–H groups in total. The molecule has 1 aliphatic rings. The number of hydrogen-bond acceptors (Lipinski definition) is 3. The molecule has 3 rings (SSSR count). The van der Waals surface area contributed by atoms with E-state index >= 15 is 0 Å². The minimum Gasteiger partial charge on any atom is -0.493 e. The average Bonchev–Trinajstić information content (AvgIpc) is 2.82. The van der Waals surface area contributed by atoms with Crippen molar-refractivity contribution in [2.75, 3.05) is 14.2 Å². The third kappa shape index (κ3) is 2.66. The van der Waals surface area contributed by atoms with Crippen LogP contribution in [0.15, 0.2) is 47.4 Å². The second-order valence-corrected chi connectivity index (χ2v) is 6.30. The molecule has 1 heterocycles. The van der Waals surface area contributed by atoms with E-state index < -0.39 is 11.0 Å². The molecule has 1 unspecified atom stereocenters. The largest absolute Gasteiger partial charge is 0.493 e. The summed E-state index contributed by atoms with van der Waals surface area (Å²) in [5, 5.41) is 0. The van der Waals surface area contributed by atoms with Gasteiger partial charge in [0, 0.05) is 19.2 Å². The zero-order valence-electron chi connectivity index (χ0n) is 12.0. The maximum absolute atomic E-state index is 12.6. The van der Waals surface area contributed by atoms with Gasteiger partial charge in [-0.25, -0.2) is 8.51 Å². The van der Waals surface area contributed by atoms with Gasteiger partial charge in [-0.15, -0.1) is 0 Å². The molecule has 0 saturated heterocycles. The van der Waals surface area contributed by atoms with Crippen LogP contribution in [0.3, 0.4) is 0 Å². The number of nitrogens with zero attached hydrogens (tertiary/aromatic N) is 1. The first-order valence-corrected chi connectivity index (χ1v) is 7.79. The molecular weight excluding hydrogens is 286 g/mol. The normalized spacial score (nSPS) is 17.5. The fraction of sp³-hybridized carbons (Fsp3) is 0.250. The van der Waals surface area contributed by atoms with Crippen LogP contribution in [-0.4, -0.2) is 22.7 Å². The van der Waals surface area contributed by atoms with Crippen LogP contribution >= 0.6 is 0 Å².